The van der Waals surface area contributed by atoms with Crippen molar-refractivity contribution < 1.29 is 58.2 Å². The lowest BCUT2D eigenvalue weighted by atomic mass is 10.0. The zero-order valence-electron chi connectivity index (χ0n) is 27.4. The topological polar surface area (TPSA) is 118 Å². The minimum Gasteiger partial charge on any atom is -0.490 e. The van der Waals surface area contributed by atoms with Crippen molar-refractivity contribution in [2.75, 3.05) is 26.2 Å². The van der Waals surface area contributed by atoms with Gasteiger partial charge in [-0.3, -0.25) is 14.5 Å². The molecule has 4 aromatic rings. The summed E-state index contributed by atoms with van der Waals surface area (Å²) in [5.74, 6) is -0.579. The van der Waals surface area contributed by atoms with Gasteiger partial charge in [-0.15, -0.1) is 13.2 Å². The summed E-state index contributed by atoms with van der Waals surface area (Å²) in [5.41, 5.74) is -3.73. The molecule has 2 aliphatic rings. The first kappa shape index (κ1) is 37.0. The number of halogens is 6. The van der Waals surface area contributed by atoms with E-state index in [4.69, 9.17) is 9.15 Å². The number of carbonyl (C=O) groups is 2. The van der Waals surface area contributed by atoms with E-state index in [1.54, 1.807) is 41.3 Å². The number of carbonyl (C=O) groups excluding carboxylic acids is 2. The van der Waals surface area contributed by atoms with Gasteiger partial charge in [-0.1, -0.05) is 12.1 Å². The van der Waals surface area contributed by atoms with E-state index < -0.39 is 26.6 Å². The lowest BCUT2D eigenvalue weighted by Gasteiger charge is -2.32. The zero-order chi connectivity index (χ0) is 37.3. The van der Waals surface area contributed by atoms with E-state index in [1.165, 1.54) is 24.3 Å². The first-order valence-electron chi connectivity index (χ1n) is 16.3. The van der Waals surface area contributed by atoms with Crippen molar-refractivity contribution >= 4 is 32.6 Å². The lowest BCUT2D eigenvalue weighted by Crippen LogP contribution is -2.44. The van der Waals surface area contributed by atoms with E-state index in [1.807, 2.05) is 0 Å². The third-order valence-corrected chi connectivity index (χ3v) is 10.4. The zero-order valence-corrected chi connectivity index (χ0v) is 28.2. The van der Waals surface area contributed by atoms with Gasteiger partial charge in [0.15, 0.2) is 5.76 Å². The van der Waals surface area contributed by atoms with Crippen molar-refractivity contribution in [3.63, 3.8) is 0 Å². The molecule has 1 N–H and O–H groups in total. The van der Waals surface area contributed by atoms with Crippen LogP contribution in [-0.4, -0.2) is 80.2 Å². The van der Waals surface area contributed by atoms with Gasteiger partial charge in [-0.2, -0.15) is 13.2 Å². The van der Waals surface area contributed by atoms with Gasteiger partial charge in [0.05, 0.1) is 4.90 Å². The summed E-state index contributed by atoms with van der Waals surface area (Å²) in [6.07, 6.45) is -2.86. The van der Waals surface area contributed by atoms with Crippen LogP contribution in [0.3, 0.4) is 0 Å². The van der Waals surface area contributed by atoms with Crippen LogP contribution in [0.2, 0.25) is 0 Å². The van der Waals surface area contributed by atoms with Crippen molar-refractivity contribution in [2.24, 2.45) is 0 Å². The van der Waals surface area contributed by atoms with E-state index in [2.05, 4.69) is 15.0 Å². The number of hydrogen-bond donors (Lipinski definition) is 1. The molecule has 2 saturated heterocycles. The van der Waals surface area contributed by atoms with Crippen LogP contribution in [0.5, 0.6) is 11.5 Å². The average Bonchev–Trinajstić information content (AvgIpc) is 3.53. The molecule has 278 valence electrons. The maximum absolute atomic E-state index is 13.3. The van der Waals surface area contributed by atoms with Crippen LogP contribution in [0, 0.1) is 0 Å². The number of benzene rings is 3. The van der Waals surface area contributed by atoms with Gasteiger partial charge in [-0.05, 0) is 79.1 Å². The van der Waals surface area contributed by atoms with Gasteiger partial charge in [-0.25, -0.2) is 8.42 Å². The number of hydrogen-bond acceptors (Lipinski definition) is 8. The smallest absolute Gasteiger partial charge is 0.490 e. The lowest BCUT2D eigenvalue weighted by molar-refractivity contribution is -0.274. The summed E-state index contributed by atoms with van der Waals surface area (Å²) in [6, 6.07) is 16.1. The Labute approximate surface area is 294 Å². The average molecular weight is 754 g/mol. The van der Waals surface area contributed by atoms with Crippen molar-refractivity contribution in [3.05, 3.63) is 89.7 Å². The molecule has 2 aliphatic heterocycles. The minimum atomic E-state index is -5.46. The Morgan fingerprint density at radius 3 is 2.06 bits per heavy atom. The number of ether oxygens (including phenoxy) is 2. The molecule has 6 rings (SSSR count). The maximum Gasteiger partial charge on any atom is 0.573 e. The first-order chi connectivity index (χ1) is 24.5. The third kappa shape index (κ3) is 8.81. The van der Waals surface area contributed by atoms with Gasteiger partial charge in [0.25, 0.3) is 21.7 Å². The van der Waals surface area contributed by atoms with E-state index in [0.717, 1.165) is 17.7 Å². The number of nitrogens with one attached hydrogen (secondary N) is 1. The molecule has 3 heterocycles. The number of nitrogens with zero attached hydrogens (tertiary/aromatic N) is 2. The molecular formula is C35H33F6N3O7S. The molecule has 0 atom stereocenters. The number of likely N-dealkylation sites (tertiary alicyclic amines) is 2. The molecule has 1 aromatic heterocycles. The SMILES string of the molecule is O=C(NC1CCN(Cc2ccc(OC(F)(F)F)cc2)CC1)c1cc2cc(C(=O)N3CCC(Oc4ccc(S(=O)(=O)C(F)(F)F)cc4)CC3)ccc2o1. The van der Waals surface area contributed by atoms with Crippen LogP contribution in [0.4, 0.5) is 26.3 Å². The molecular weight excluding hydrogens is 720 g/mol. The van der Waals surface area contributed by atoms with Crippen LogP contribution in [0.1, 0.15) is 52.2 Å². The van der Waals surface area contributed by atoms with Crippen molar-refractivity contribution in [1.29, 1.82) is 0 Å². The predicted molar refractivity (Wildman–Crippen MR) is 174 cm³/mol. The standard InChI is InChI=1S/C35H33F6N3O7S/c36-34(37,38)51-28-4-1-22(2-5-28)21-43-15-11-25(12-16-43)42-32(45)31-20-24-19-23(3-10-30(24)50-31)33(46)44-17-13-27(14-18-44)49-26-6-8-29(9-7-26)52(47,48)35(39,40)41/h1-10,19-20,25,27H,11-18,21H2,(H,42,45). The highest BCUT2D eigenvalue weighted by Crippen LogP contribution is 2.32. The molecule has 17 heteroatoms. The van der Waals surface area contributed by atoms with Crippen LogP contribution in [0.15, 0.2) is 82.1 Å². The highest BCUT2D eigenvalue weighted by molar-refractivity contribution is 7.92. The van der Waals surface area contributed by atoms with Crippen LogP contribution in [0.25, 0.3) is 11.0 Å². The molecule has 0 spiro atoms. The number of fused-ring (bicyclic) bond motifs is 1. The van der Waals surface area contributed by atoms with Crippen molar-refractivity contribution in [3.8, 4) is 11.5 Å². The van der Waals surface area contributed by atoms with Gasteiger partial charge in [0.2, 0.25) is 0 Å². The monoisotopic (exact) mass is 753 g/mol. The summed E-state index contributed by atoms with van der Waals surface area (Å²) in [4.78, 5) is 29.3. The number of rotatable bonds is 9. The van der Waals surface area contributed by atoms with E-state index in [9.17, 15) is 44.3 Å². The molecule has 0 unspecified atom stereocenters. The summed E-state index contributed by atoms with van der Waals surface area (Å²) >= 11 is 0. The quantitative estimate of drug-likeness (QED) is 0.188. The number of furan rings is 1. The molecule has 0 bridgehead atoms. The second kappa shape index (κ2) is 14.7. The summed E-state index contributed by atoms with van der Waals surface area (Å²) in [6.45, 7) is 2.59. The number of amides is 2. The highest BCUT2D eigenvalue weighted by Gasteiger charge is 2.46. The number of piperidine rings is 2. The van der Waals surface area contributed by atoms with Crippen LogP contribution < -0.4 is 14.8 Å². The van der Waals surface area contributed by atoms with E-state index in [0.29, 0.717) is 74.9 Å². The second-order valence-corrected chi connectivity index (χ2v) is 14.6. The molecule has 10 nitrogen and oxygen atoms in total. The molecule has 0 saturated carbocycles. The van der Waals surface area contributed by atoms with Gasteiger partial charge < -0.3 is 24.1 Å². The normalized spacial score (nSPS) is 16.9. The van der Waals surface area contributed by atoms with E-state index >= 15 is 0 Å². The fourth-order valence-electron chi connectivity index (χ4n) is 6.22. The fraction of sp³-hybridized carbons (Fsp3) is 0.371. The molecule has 0 radical (unpaired) electrons. The largest absolute Gasteiger partial charge is 0.573 e. The Morgan fingerprint density at radius 1 is 0.808 bits per heavy atom. The molecule has 3 aromatic carbocycles. The predicted octanol–water partition coefficient (Wildman–Crippen LogP) is 6.70. The maximum atomic E-state index is 13.3. The van der Waals surface area contributed by atoms with Crippen LogP contribution in [-0.2, 0) is 16.4 Å². The Bertz CT molecular complexity index is 2000. The van der Waals surface area contributed by atoms with E-state index in [-0.39, 0.29) is 41.2 Å². The third-order valence-electron chi connectivity index (χ3n) is 8.94. The Morgan fingerprint density at radius 2 is 1.44 bits per heavy atom. The summed E-state index contributed by atoms with van der Waals surface area (Å²) in [7, 11) is -5.46. The summed E-state index contributed by atoms with van der Waals surface area (Å²) in [5, 5.41) is 3.57. The van der Waals surface area contributed by atoms with Gasteiger partial charge >= 0.3 is 11.9 Å². The summed E-state index contributed by atoms with van der Waals surface area (Å²) < 4.78 is 114. The number of alkyl halides is 6. The van der Waals surface area contributed by atoms with Crippen LogP contribution >= 0.6 is 0 Å². The van der Waals surface area contributed by atoms with Crippen molar-refractivity contribution in [1.82, 2.24) is 15.1 Å². The Hall–Kier alpha value is -4.77. The molecule has 52 heavy (non-hydrogen) atoms. The molecule has 0 aliphatic carbocycles. The Kier molecular flexibility index (Phi) is 10.5. The molecule has 2 amide bonds. The number of sulfone groups is 1. The fourth-order valence-corrected chi connectivity index (χ4v) is 6.98. The second-order valence-electron chi connectivity index (χ2n) is 12.6. The minimum absolute atomic E-state index is 0.102. The molecule has 2 fully saturated rings. The van der Waals surface area contributed by atoms with Gasteiger partial charge in [0.1, 0.15) is 23.2 Å². The Balaban J connectivity index is 0.966. The highest BCUT2D eigenvalue weighted by atomic mass is 32.2. The van der Waals surface area contributed by atoms with Gasteiger partial charge in [0, 0.05) is 62.6 Å². The van der Waals surface area contributed by atoms with Crippen molar-refractivity contribution in [2.45, 2.75) is 61.1 Å². The first-order valence-corrected chi connectivity index (χ1v) is 17.8.